The molecule has 2 aromatic rings. The first kappa shape index (κ1) is 13.9. The minimum atomic E-state index is -0.0861. The van der Waals surface area contributed by atoms with Gasteiger partial charge in [0.15, 0.2) is 0 Å². The van der Waals surface area contributed by atoms with E-state index < -0.39 is 0 Å². The molecule has 2 N–H and O–H groups in total. The zero-order valence-electron chi connectivity index (χ0n) is 12.3. The summed E-state index contributed by atoms with van der Waals surface area (Å²) in [7, 11) is 0. The summed E-state index contributed by atoms with van der Waals surface area (Å²) in [5.41, 5.74) is 2.56. The van der Waals surface area contributed by atoms with Gasteiger partial charge in [0.25, 0.3) is 5.56 Å². The highest BCUT2D eigenvalue weighted by atomic mass is 16.5. The summed E-state index contributed by atoms with van der Waals surface area (Å²) >= 11 is 0. The number of para-hydroxylation sites is 1. The SMILES string of the molecule is CCCc1c(N2CCOCC2)c2ccccc2n(N)c1=O. The third-order valence-electron chi connectivity index (χ3n) is 4.01. The van der Waals surface area contributed by atoms with Crippen molar-refractivity contribution in [3.63, 3.8) is 0 Å². The predicted molar refractivity (Wildman–Crippen MR) is 85.4 cm³/mol. The van der Waals surface area contributed by atoms with Crippen LogP contribution in [0.2, 0.25) is 0 Å². The van der Waals surface area contributed by atoms with Gasteiger partial charge in [-0.15, -0.1) is 0 Å². The van der Waals surface area contributed by atoms with Gasteiger partial charge in [-0.3, -0.25) is 4.79 Å². The van der Waals surface area contributed by atoms with Crippen molar-refractivity contribution in [2.24, 2.45) is 0 Å². The quantitative estimate of drug-likeness (QED) is 0.869. The third kappa shape index (κ3) is 2.38. The molecule has 5 nitrogen and oxygen atoms in total. The number of fused-ring (bicyclic) bond motifs is 1. The summed E-state index contributed by atoms with van der Waals surface area (Å²) in [6.45, 7) is 5.11. The Bertz CT molecular complexity index is 702. The second kappa shape index (κ2) is 5.77. The topological polar surface area (TPSA) is 60.5 Å². The maximum atomic E-state index is 12.6. The minimum absolute atomic E-state index is 0.0861. The van der Waals surface area contributed by atoms with Crippen LogP contribution in [0.25, 0.3) is 10.9 Å². The lowest BCUT2D eigenvalue weighted by Gasteiger charge is -2.31. The van der Waals surface area contributed by atoms with Crippen molar-refractivity contribution in [1.29, 1.82) is 0 Å². The van der Waals surface area contributed by atoms with E-state index in [2.05, 4.69) is 11.8 Å². The molecule has 1 aromatic heterocycles. The molecule has 2 heterocycles. The van der Waals surface area contributed by atoms with Crippen LogP contribution in [-0.4, -0.2) is 31.0 Å². The van der Waals surface area contributed by atoms with E-state index in [0.29, 0.717) is 13.2 Å². The zero-order valence-corrected chi connectivity index (χ0v) is 12.3. The van der Waals surface area contributed by atoms with Gasteiger partial charge in [0, 0.05) is 24.0 Å². The van der Waals surface area contributed by atoms with Crippen LogP contribution in [0.3, 0.4) is 0 Å². The van der Waals surface area contributed by atoms with Gasteiger partial charge in [-0.1, -0.05) is 31.5 Å². The van der Waals surface area contributed by atoms with Crippen LogP contribution in [0.5, 0.6) is 0 Å². The van der Waals surface area contributed by atoms with Crippen molar-refractivity contribution < 1.29 is 4.74 Å². The monoisotopic (exact) mass is 287 g/mol. The number of pyridine rings is 1. The van der Waals surface area contributed by atoms with E-state index in [4.69, 9.17) is 10.6 Å². The fourth-order valence-corrected chi connectivity index (χ4v) is 3.03. The molecule has 3 rings (SSSR count). The van der Waals surface area contributed by atoms with E-state index in [0.717, 1.165) is 48.1 Å². The lowest BCUT2D eigenvalue weighted by Crippen LogP contribution is -2.40. The minimum Gasteiger partial charge on any atom is -0.378 e. The number of hydrogen-bond acceptors (Lipinski definition) is 4. The Morgan fingerprint density at radius 1 is 1.24 bits per heavy atom. The Balaban J connectivity index is 2.29. The highest BCUT2D eigenvalue weighted by Gasteiger charge is 2.21. The van der Waals surface area contributed by atoms with Gasteiger partial charge in [-0.2, -0.15) is 0 Å². The molecule has 0 unspecified atom stereocenters. The first-order chi connectivity index (χ1) is 10.2. The summed E-state index contributed by atoms with van der Waals surface area (Å²) in [5, 5.41) is 1.05. The molecule has 1 fully saturated rings. The molecule has 5 heteroatoms. The maximum absolute atomic E-state index is 12.6. The van der Waals surface area contributed by atoms with Crippen LogP contribution >= 0.6 is 0 Å². The molecule has 112 valence electrons. The number of nitrogen functional groups attached to an aromatic ring is 1. The van der Waals surface area contributed by atoms with Gasteiger partial charge in [0.05, 0.1) is 24.4 Å². The summed E-state index contributed by atoms with van der Waals surface area (Å²) < 4.78 is 6.72. The van der Waals surface area contributed by atoms with Crippen LogP contribution in [0, 0.1) is 0 Å². The predicted octanol–water partition coefficient (Wildman–Crippen LogP) is 1.50. The first-order valence-corrected chi connectivity index (χ1v) is 7.48. The number of nitrogens with two attached hydrogens (primary N) is 1. The van der Waals surface area contributed by atoms with Gasteiger partial charge in [0.2, 0.25) is 0 Å². The fraction of sp³-hybridized carbons (Fsp3) is 0.438. The molecule has 1 saturated heterocycles. The second-order valence-electron chi connectivity index (χ2n) is 5.37. The molecule has 0 atom stereocenters. The molecular formula is C16H21N3O2. The highest BCUT2D eigenvalue weighted by molar-refractivity contribution is 5.93. The van der Waals surface area contributed by atoms with Crippen LogP contribution in [0.15, 0.2) is 29.1 Å². The molecule has 1 aliphatic rings. The van der Waals surface area contributed by atoms with Gasteiger partial charge >= 0.3 is 0 Å². The fourth-order valence-electron chi connectivity index (χ4n) is 3.03. The third-order valence-corrected chi connectivity index (χ3v) is 4.01. The first-order valence-electron chi connectivity index (χ1n) is 7.48. The lowest BCUT2D eigenvalue weighted by molar-refractivity contribution is 0.122. The largest absolute Gasteiger partial charge is 0.378 e. The molecular weight excluding hydrogens is 266 g/mol. The van der Waals surface area contributed by atoms with Crippen molar-refractivity contribution in [2.75, 3.05) is 37.0 Å². The number of benzene rings is 1. The van der Waals surface area contributed by atoms with Crippen molar-refractivity contribution in [2.45, 2.75) is 19.8 Å². The number of ether oxygens (including phenoxy) is 1. The molecule has 1 aromatic carbocycles. The normalized spacial score (nSPS) is 15.6. The summed E-state index contributed by atoms with van der Waals surface area (Å²) in [6, 6.07) is 7.85. The van der Waals surface area contributed by atoms with E-state index >= 15 is 0 Å². The average Bonchev–Trinajstić information content (AvgIpc) is 2.54. The Morgan fingerprint density at radius 3 is 2.67 bits per heavy atom. The Kier molecular flexibility index (Phi) is 3.84. The number of rotatable bonds is 3. The van der Waals surface area contributed by atoms with Crippen molar-refractivity contribution in [1.82, 2.24) is 4.68 Å². The molecule has 0 radical (unpaired) electrons. The van der Waals surface area contributed by atoms with E-state index in [1.165, 1.54) is 4.68 Å². The number of aromatic nitrogens is 1. The molecule has 0 spiro atoms. The molecule has 1 aliphatic heterocycles. The Labute approximate surface area is 123 Å². The summed E-state index contributed by atoms with van der Waals surface area (Å²) in [4.78, 5) is 14.9. The van der Waals surface area contributed by atoms with Gasteiger partial charge in [0.1, 0.15) is 0 Å². The number of nitrogens with zero attached hydrogens (tertiary/aromatic N) is 2. The van der Waals surface area contributed by atoms with Crippen LogP contribution in [0.4, 0.5) is 5.69 Å². The Hall–Kier alpha value is -2.01. The number of hydrogen-bond donors (Lipinski definition) is 1. The van der Waals surface area contributed by atoms with Gasteiger partial charge in [-0.05, 0) is 12.5 Å². The maximum Gasteiger partial charge on any atom is 0.274 e. The molecule has 21 heavy (non-hydrogen) atoms. The van der Waals surface area contributed by atoms with E-state index in [9.17, 15) is 4.79 Å². The molecule has 0 bridgehead atoms. The lowest BCUT2D eigenvalue weighted by atomic mass is 10.0. The molecule has 0 aliphatic carbocycles. The zero-order chi connectivity index (χ0) is 14.8. The van der Waals surface area contributed by atoms with E-state index in [-0.39, 0.29) is 5.56 Å². The van der Waals surface area contributed by atoms with Gasteiger partial charge < -0.3 is 15.5 Å². The molecule has 0 saturated carbocycles. The van der Waals surface area contributed by atoms with Crippen LogP contribution in [-0.2, 0) is 11.2 Å². The smallest absolute Gasteiger partial charge is 0.274 e. The van der Waals surface area contributed by atoms with E-state index in [1.807, 2.05) is 24.3 Å². The second-order valence-corrected chi connectivity index (χ2v) is 5.37. The van der Waals surface area contributed by atoms with Gasteiger partial charge in [-0.25, -0.2) is 4.68 Å². The number of morpholine rings is 1. The standard InChI is InChI=1S/C16H21N3O2/c1-2-5-13-15(18-8-10-21-11-9-18)12-6-3-4-7-14(12)19(17)16(13)20/h3-4,6-7H,2,5,8-11,17H2,1H3. The van der Waals surface area contributed by atoms with Crippen molar-refractivity contribution in [3.05, 3.63) is 40.2 Å². The average molecular weight is 287 g/mol. The molecule has 0 amide bonds. The van der Waals surface area contributed by atoms with Crippen LogP contribution in [0.1, 0.15) is 18.9 Å². The van der Waals surface area contributed by atoms with E-state index in [1.54, 1.807) is 0 Å². The number of anilines is 1. The van der Waals surface area contributed by atoms with Crippen molar-refractivity contribution >= 4 is 16.6 Å². The highest BCUT2D eigenvalue weighted by Crippen LogP contribution is 2.29. The van der Waals surface area contributed by atoms with Crippen LogP contribution < -0.4 is 16.3 Å². The summed E-state index contributed by atoms with van der Waals surface area (Å²) in [5.74, 6) is 6.01. The van der Waals surface area contributed by atoms with Crippen molar-refractivity contribution in [3.8, 4) is 0 Å². The Morgan fingerprint density at radius 2 is 1.95 bits per heavy atom. The summed E-state index contributed by atoms with van der Waals surface area (Å²) in [6.07, 6.45) is 1.67.